The van der Waals surface area contributed by atoms with Crippen LogP contribution in [0.5, 0.6) is 0 Å². The Morgan fingerprint density at radius 1 is 1.38 bits per heavy atom. The van der Waals surface area contributed by atoms with Gasteiger partial charge in [-0.2, -0.15) is 0 Å². The molecular formula is C10H13NaO2. The van der Waals surface area contributed by atoms with Crippen molar-refractivity contribution in [2.45, 2.75) is 17.0 Å². The average Bonchev–Trinajstić information content (AvgIpc) is 2.19. The van der Waals surface area contributed by atoms with Gasteiger partial charge in [0.1, 0.15) is 0 Å². The first kappa shape index (κ1) is 12.7. The Hall–Kier alpha value is -0.310. The third-order valence-electron chi connectivity index (χ3n) is 1.52. The molecule has 0 aliphatic rings. The van der Waals surface area contributed by atoms with Gasteiger partial charge in [0, 0.05) is 0 Å². The normalized spacial score (nSPS) is 8.54. The van der Waals surface area contributed by atoms with E-state index < -0.39 is 5.97 Å². The second kappa shape index (κ2) is 8.30. The molecule has 0 aliphatic heterocycles. The molecule has 1 aromatic rings. The van der Waals surface area contributed by atoms with Crippen molar-refractivity contribution in [2.75, 3.05) is 0 Å². The van der Waals surface area contributed by atoms with Crippen LogP contribution >= 0.6 is 0 Å². The third-order valence-corrected chi connectivity index (χ3v) is 2.52. The van der Waals surface area contributed by atoms with Crippen molar-refractivity contribution < 1.29 is 9.90 Å². The molecule has 0 atom stereocenters. The minimum atomic E-state index is -0.879. The standard InChI is InChI=1S/C7H6O2.C3H7.Na/c8-7(9)6-4-2-1-3-5-6;1-3-2;/h1-5H,(H,8,9);1,3H2,2H3;. The maximum absolute atomic E-state index is 10.2. The molecule has 13 heavy (non-hydrogen) atoms. The van der Waals surface area contributed by atoms with Crippen molar-refractivity contribution in [3.63, 3.8) is 0 Å². The first-order valence-electron chi connectivity index (χ1n) is 4.50. The Bertz CT molecular complexity index is 232. The maximum Gasteiger partial charge on any atom is 0.335 e. The molecule has 0 heterocycles. The van der Waals surface area contributed by atoms with E-state index in [1.807, 2.05) is 0 Å². The van der Waals surface area contributed by atoms with E-state index in [1.54, 1.807) is 30.3 Å². The van der Waals surface area contributed by atoms with E-state index in [9.17, 15) is 4.79 Å². The van der Waals surface area contributed by atoms with E-state index in [-0.39, 0.29) is 0 Å². The van der Waals surface area contributed by atoms with Gasteiger partial charge in [-0.05, 0) is 12.1 Å². The fraction of sp³-hybridized carbons (Fsp3) is 0.300. The van der Waals surface area contributed by atoms with Gasteiger partial charge in [0.05, 0.1) is 5.56 Å². The first-order chi connectivity index (χ1) is 6.22. The van der Waals surface area contributed by atoms with E-state index in [0.717, 1.165) is 0 Å². The molecule has 66 valence electrons. The summed E-state index contributed by atoms with van der Waals surface area (Å²) in [5, 5.41) is 8.38. The number of hydrogen-bond acceptors (Lipinski definition) is 1. The monoisotopic (exact) mass is 188 g/mol. The van der Waals surface area contributed by atoms with Crippen molar-refractivity contribution in [1.82, 2.24) is 0 Å². The molecular weight excluding hydrogens is 175 g/mol. The molecule has 0 bridgehead atoms. The predicted octanol–water partition coefficient (Wildman–Crippen LogP) is 2.37. The van der Waals surface area contributed by atoms with Crippen molar-refractivity contribution >= 4 is 33.9 Å². The zero-order valence-corrected chi connectivity index (χ0v) is 10.2. The van der Waals surface area contributed by atoms with Crippen molar-refractivity contribution in [3.8, 4) is 0 Å². The van der Waals surface area contributed by atoms with E-state index >= 15 is 0 Å². The molecule has 0 radical (unpaired) electrons. The zero-order chi connectivity index (χ0) is 10.1. The third kappa shape index (κ3) is 6.82. The van der Waals surface area contributed by atoms with Crippen molar-refractivity contribution in [2.24, 2.45) is 0 Å². The molecule has 0 saturated carbocycles. The van der Waals surface area contributed by atoms with Crippen molar-refractivity contribution in [3.05, 3.63) is 35.9 Å². The fourth-order valence-corrected chi connectivity index (χ4v) is 0.581. The number of carbonyl (C=O) groups is 1. The zero-order valence-electron chi connectivity index (χ0n) is 8.16. The van der Waals surface area contributed by atoms with Crippen LogP contribution in [0.2, 0.25) is 3.67 Å². The minimum Gasteiger partial charge on any atom is -0.478 e. The van der Waals surface area contributed by atoms with Gasteiger partial charge in [-0.25, -0.2) is 4.79 Å². The summed E-state index contributed by atoms with van der Waals surface area (Å²) in [5.74, 6) is -0.879. The van der Waals surface area contributed by atoms with Gasteiger partial charge in [0.15, 0.2) is 0 Å². The van der Waals surface area contributed by atoms with Crippen LogP contribution < -0.4 is 0 Å². The van der Waals surface area contributed by atoms with Crippen LogP contribution in [-0.2, 0) is 0 Å². The molecule has 2 nitrogen and oxygen atoms in total. The summed E-state index contributed by atoms with van der Waals surface area (Å²) in [6.45, 7) is 2.22. The fourth-order valence-electron chi connectivity index (χ4n) is 0.581. The van der Waals surface area contributed by atoms with Gasteiger partial charge in [-0.15, -0.1) is 0 Å². The number of benzene rings is 1. The molecule has 1 aromatic carbocycles. The van der Waals surface area contributed by atoms with Crippen LogP contribution in [0.15, 0.2) is 30.3 Å². The summed E-state index contributed by atoms with van der Waals surface area (Å²) in [4.78, 5) is 10.2. The molecule has 0 fully saturated rings. The molecule has 0 amide bonds. The summed E-state index contributed by atoms with van der Waals surface area (Å²) in [7, 11) is 0. The average molecular weight is 188 g/mol. The Morgan fingerprint density at radius 2 is 1.85 bits per heavy atom. The molecule has 0 aliphatic carbocycles. The summed E-state index contributed by atoms with van der Waals surface area (Å²) < 4.78 is 1.46. The molecule has 3 heteroatoms. The number of carboxylic acids is 1. The topological polar surface area (TPSA) is 37.3 Å². The quantitative estimate of drug-likeness (QED) is 0.723. The van der Waals surface area contributed by atoms with E-state index in [2.05, 4.69) is 6.92 Å². The van der Waals surface area contributed by atoms with Crippen LogP contribution in [-0.4, -0.2) is 39.0 Å². The molecule has 0 spiro atoms. The number of hydrogen-bond donors (Lipinski definition) is 1. The summed E-state index contributed by atoms with van der Waals surface area (Å²) in [5.41, 5.74) is 0.331. The van der Waals surface area contributed by atoms with E-state index in [1.165, 1.54) is 38.0 Å². The number of rotatable bonds is 2. The Labute approximate surface area is 96.4 Å². The van der Waals surface area contributed by atoms with Crippen LogP contribution in [0, 0.1) is 0 Å². The second-order valence-electron chi connectivity index (χ2n) is 2.67. The SMILES string of the molecule is CC[CH2][Na].O=C(O)c1ccccc1. The Morgan fingerprint density at radius 3 is 2.08 bits per heavy atom. The minimum absolute atomic E-state index is 0.331. The van der Waals surface area contributed by atoms with Gasteiger partial charge in [0.25, 0.3) is 0 Å². The van der Waals surface area contributed by atoms with Gasteiger partial charge >= 0.3 is 50.9 Å². The van der Waals surface area contributed by atoms with Gasteiger partial charge in [-0.3, -0.25) is 0 Å². The summed E-state index contributed by atoms with van der Waals surface area (Å²) in [6.07, 6.45) is 1.38. The smallest absolute Gasteiger partial charge is 0.335 e. The van der Waals surface area contributed by atoms with Gasteiger partial charge in [-0.1, -0.05) is 18.2 Å². The van der Waals surface area contributed by atoms with Gasteiger partial charge < -0.3 is 5.11 Å². The molecule has 0 saturated heterocycles. The molecule has 1 N–H and O–H groups in total. The Kier molecular flexibility index (Phi) is 8.10. The first-order valence-corrected chi connectivity index (χ1v) is 5.92. The van der Waals surface area contributed by atoms with Crippen LogP contribution in [0.1, 0.15) is 23.7 Å². The maximum atomic E-state index is 10.2. The largest absolute Gasteiger partial charge is 0.478 e. The molecule has 1 rings (SSSR count). The van der Waals surface area contributed by atoms with Gasteiger partial charge in [0.2, 0.25) is 0 Å². The van der Waals surface area contributed by atoms with Crippen LogP contribution in [0.25, 0.3) is 0 Å². The van der Waals surface area contributed by atoms with E-state index in [4.69, 9.17) is 5.11 Å². The summed E-state index contributed by atoms with van der Waals surface area (Å²) in [6, 6.07) is 8.30. The van der Waals surface area contributed by atoms with Crippen molar-refractivity contribution in [1.29, 1.82) is 0 Å². The predicted molar refractivity (Wildman–Crippen MR) is 54.3 cm³/mol. The summed E-state index contributed by atoms with van der Waals surface area (Å²) >= 11 is 1.39. The van der Waals surface area contributed by atoms with Crippen LogP contribution in [0.3, 0.4) is 0 Å². The molecule has 0 aromatic heterocycles. The van der Waals surface area contributed by atoms with E-state index in [0.29, 0.717) is 5.56 Å². The molecule has 0 unspecified atom stereocenters. The number of carboxylic acid groups (broad SMARTS) is 1. The second-order valence-corrected chi connectivity index (χ2v) is 3.67. The number of aromatic carboxylic acids is 1. The Balaban J connectivity index is 0.000000310. The van der Waals surface area contributed by atoms with Crippen LogP contribution in [0.4, 0.5) is 0 Å².